The molecule has 0 aromatic heterocycles. The van der Waals surface area contributed by atoms with Crippen molar-refractivity contribution in [2.45, 2.75) is 13.8 Å². The number of rotatable bonds is 4. The van der Waals surface area contributed by atoms with Crippen LogP contribution in [0.15, 0.2) is 24.3 Å². The lowest BCUT2D eigenvalue weighted by molar-refractivity contribution is 0.0343. The molecule has 0 saturated carbocycles. The Balaban J connectivity index is 1.94. The number of aliphatic hydroxyl groups is 1. The van der Waals surface area contributed by atoms with Crippen LogP contribution in [0.25, 0.3) is 0 Å². The Bertz CT molecular complexity index is 367. The van der Waals surface area contributed by atoms with Gasteiger partial charge in [0.25, 0.3) is 0 Å². The molecule has 0 atom stereocenters. The van der Waals surface area contributed by atoms with Crippen LogP contribution in [0, 0.1) is 5.41 Å². The summed E-state index contributed by atoms with van der Waals surface area (Å²) in [5.74, 6) is 0.740. The van der Waals surface area contributed by atoms with Crippen LogP contribution < -0.4 is 10.2 Å². The molecule has 0 unspecified atom stereocenters. The van der Waals surface area contributed by atoms with Crippen LogP contribution in [0.3, 0.4) is 0 Å². The van der Waals surface area contributed by atoms with Gasteiger partial charge in [-0.15, -0.1) is 0 Å². The maximum Gasteiger partial charge on any atom is 0.493 e. The van der Waals surface area contributed by atoms with Gasteiger partial charge in [0.1, 0.15) is 12.4 Å². The van der Waals surface area contributed by atoms with Crippen LogP contribution in [0.2, 0.25) is 0 Å². The summed E-state index contributed by atoms with van der Waals surface area (Å²) in [5, 5.41) is 8.67. The largest absolute Gasteiger partial charge is 0.493 e. The van der Waals surface area contributed by atoms with E-state index in [4.69, 9.17) is 19.2 Å². The minimum Gasteiger partial charge on any atom is -0.491 e. The molecule has 1 N–H and O–H groups in total. The van der Waals surface area contributed by atoms with Crippen molar-refractivity contribution in [3.8, 4) is 5.75 Å². The molecule has 0 bridgehead atoms. The number of aliphatic hydroxyl groups excluding tert-OH is 1. The van der Waals surface area contributed by atoms with Crippen LogP contribution in [0.4, 0.5) is 0 Å². The summed E-state index contributed by atoms with van der Waals surface area (Å²) in [6, 6.07) is 7.57. The van der Waals surface area contributed by atoms with Gasteiger partial charge in [-0.2, -0.15) is 0 Å². The molecule has 1 saturated heterocycles. The van der Waals surface area contributed by atoms with Gasteiger partial charge in [0.15, 0.2) is 0 Å². The highest BCUT2D eigenvalue weighted by Crippen LogP contribution is 2.21. The van der Waals surface area contributed by atoms with Gasteiger partial charge in [0.05, 0.1) is 6.61 Å². The fraction of sp³-hybridized carbons (Fsp3) is 0.538. The molecule has 0 aliphatic carbocycles. The Labute approximate surface area is 108 Å². The van der Waals surface area contributed by atoms with E-state index in [0.29, 0.717) is 19.8 Å². The van der Waals surface area contributed by atoms with Gasteiger partial charge in [-0.3, -0.25) is 0 Å². The molecule has 2 rings (SSSR count). The summed E-state index contributed by atoms with van der Waals surface area (Å²) in [5.41, 5.74) is 1.07. The molecule has 1 aliphatic heterocycles. The molecule has 1 aromatic carbocycles. The van der Waals surface area contributed by atoms with Gasteiger partial charge < -0.3 is 19.2 Å². The summed E-state index contributed by atoms with van der Waals surface area (Å²) in [7, 11) is -0.287. The zero-order valence-electron chi connectivity index (χ0n) is 10.9. The van der Waals surface area contributed by atoms with Crippen molar-refractivity contribution < 1.29 is 19.2 Å². The number of ether oxygens (including phenoxy) is 1. The van der Waals surface area contributed by atoms with Crippen LogP contribution >= 0.6 is 0 Å². The van der Waals surface area contributed by atoms with Gasteiger partial charge in [0.2, 0.25) is 0 Å². The smallest absolute Gasteiger partial charge is 0.491 e. The van der Waals surface area contributed by atoms with Crippen LogP contribution in [-0.4, -0.2) is 38.7 Å². The maximum absolute atomic E-state index is 8.67. The van der Waals surface area contributed by atoms with Gasteiger partial charge in [-0.1, -0.05) is 26.0 Å². The van der Waals surface area contributed by atoms with E-state index in [0.717, 1.165) is 11.2 Å². The number of benzene rings is 1. The molecule has 0 spiro atoms. The third-order valence-electron chi connectivity index (χ3n) is 2.76. The molecule has 1 fully saturated rings. The zero-order valence-corrected chi connectivity index (χ0v) is 10.9. The van der Waals surface area contributed by atoms with Crippen LogP contribution in [0.5, 0.6) is 5.75 Å². The van der Waals surface area contributed by atoms with E-state index in [1.807, 2.05) is 24.3 Å². The molecule has 1 aliphatic rings. The first kappa shape index (κ1) is 13.4. The van der Waals surface area contributed by atoms with E-state index in [-0.39, 0.29) is 19.1 Å². The standard InChI is InChI=1S/C13H19BO4/c1-13(2)9-17-14(18-10-13)11-3-5-12(6-4-11)16-8-7-15/h3-6,15H,7-10H2,1-2H3. The highest BCUT2D eigenvalue weighted by molar-refractivity contribution is 6.61. The topological polar surface area (TPSA) is 47.9 Å². The highest BCUT2D eigenvalue weighted by Gasteiger charge is 2.33. The quantitative estimate of drug-likeness (QED) is 0.804. The highest BCUT2D eigenvalue weighted by atomic mass is 16.6. The molecular weight excluding hydrogens is 231 g/mol. The Kier molecular flexibility index (Phi) is 4.27. The second-order valence-corrected chi connectivity index (χ2v) is 5.26. The minimum absolute atomic E-state index is 0.0195. The molecule has 0 amide bonds. The minimum atomic E-state index is -0.287. The monoisotopic (exact) mass is 250 g/mol. The summed E-state index contributed by atoms with van der Waals surface area (Å²) in [6.07, 6.45) is 0. The summed E-state index contributed by atoms with van der Waals surface area (Å²) in [6.45, 7) is 5.96. The Morgan fingerprint density at radius 1 is 1.22 bits per heavy atom. The van der Waals surface area contributed by atoms with E-state index >= 15 is 0 Å². The van der Waals surface area contributed by atoms with Crippen molar-refractivity contribution in [1.29, 1.82) is 0 Å². The lowest BCUT2D eigenvalue weighted by Crippen LogP contribution is -2.47. The molecule has 18 heavy (non-hydrogen) atoms. The Morgan fingerprint density at radius 3 is 2.39 bits per heavy atom. The van der Waals surface area contributed by atoms with Gasteiger partial charge in [0, 0.05) is 18.6 Å². The van der Waals surface area contributed by atoms with Crippen LogP contribution in [-0.2, 0) is 9.31 Å². The van der Waals surface area contributed by atoms with Crippen molar-refractivity contribution in [1.82, 2.24) is 0 Å². The summed E-state index contributed by atoms with van der Waals surface area (Å²) < 4.78 is 16.7. The molecule has 98 valence electrons. The second-order valence-electron chi connectivity index (χ2n) is 5.26. The van der Waals surface area contributed by atoms with E-state index in [1.165, 1.54) is 0 Å². The first-order valence-electron chi connectivity index (χ1n) is 6.17. The summed E-state index contributed by atoms with van der Waals surface area (Å²) in [4.78, 5) is 0. The van der Waals surface area contributed by atoms with Crippen molar-refractivity contribution in [2.24, 2.45) is 5.41 Å². The molecule has 1 heterocycles. The predicted molar refractivity (Wildman–Crippen MR) is 70.1 cm³/mol. The van der Waals surface area contributed by atoms with Gasteiger partial charge >= 0.3 is 7.12 Å². The average Bonchev–Trinajstić information content (AvgIpc) is 2.37. The Morgan fingerprint density at radius 2 is 1.83 bits per heavy atom. The molecular formula is C13H19BO4. The average molecular weight is 250 g/mol. The fourth-order valence-electron chi connectivity index (χ4n) is 1.77. The van der Waals surface area contributed by atoms with Gasteiger partial charge in [-0.05, 0) is 17.6 Å². The van der Waals surface area contributed by atoms with Crippen molar-refractivity contribution in [3.05, 3.63) is 24.3 Å². The number of hydrogen-bond donors (Lipinski definition) is 1. The third kappa shape index (κ3) is 3.48. The lowest BCUT2D eigenvalue weighted by atomic mass is 9.76. The number of hydrogen-bond acceptors (Lipinski definition) is 4. The SMILES string of the molecule is CC1(C)COB(c2ccc(OCCO)cc2)OC1. The van der Waals surface area contributed by atoms with Gasteiger partial charge in [-0.25, -0.2) is 0 Å². The molecule has 0 radical (unpaired) electrons. The Hall–Kier alpha value is -1.04. The van der Waals surface area contributed by atoms with E-state index in [1.54, 1.807) is 0 Å². The van der Waals surface area contributed by atoms with E-state index in [9.17, 15) is 0 Å². The van der Waals surface area contributed by atoms with Crippen molar-refractivity contribution >= 4 is 12.6 Å². The van der Waals surface area contributed by atoms with Crippen molar-refractivity contribution in [3.63, 3.8) is 0 Å². The third-order valence-corrected chi connectivity index (χ3v) is 2.76. The first-order chi connectivity index (χ1) is 8.61. The predicted octanol–water partition coefficient (Wildman–Crippen LogP) is 0.826. The van der Waals surface area contributed by atoms with E-state index in [2.05, 4.69) is 13.8 Å². The summed E-state index contributed by atoms with van der Waals surface area (Å²) >= 11 is 0. The molecule has 5 heteroatoms. The normalized spacial score (nSPS) is 18.7. The van der Waals surface area contributed by atoms with E-state index < -0.39 is 0 Å². The molecule has 4 nitrogen and oxygen atoms in total. The molecule has 1 aromatic rings. The van der Waals surface area contributed by atoms with Crippen molar-refractivity contribution in [2.75, 3.05) is 26.4 Å². The first-order valence-corrected chi connectivity index (χ1v) is 6.17. The maximum atomic E-state index is 8.67. The fourth-order valence-corrected chi connectivity index (χ4v) is 1.77. The zero-order chi connectivity index (χ0) is 13.0. The second kappa shape index (κ2) is 5.74. The van der Waals surface area contributed by atoms with Crippen LogP contribution in [0.1, 0.15) is 13.8 Å². The lowest BCUT2D eigenvalue weighted by Gasteiger charge is -2.33.